The van der Waals surface area contributed by atoms with Crippen LogP contribution in [0.25, 0.3) is 0 Å². The van der Waals surface area contributed by atoms with Crippen LogP contribution < -0.4 is 0 Å². The smallest absolute Gasteiger partial charge is 0.119 e. The van der Waals surface area contributed by atoms with Crippen molar-refractivity contribution in [1.82, 2.24) is 0 Å². The third-order valence-electron chi connectivity index (χ3n) is 2.36. The lowest BCUT2D eigenvalue weighted by molar-refractivity contribution is 0.470. The molecule has 0 unspecified atom stereocenters. The molecule has 2 heteroatoms. The first-order valence-corrected chi connectivity index (χ1v) is 6.26. The van der Waals surface area contributed by atoms with Gasteiger partial charge in [0.2, 0.25) is 0 Å². The third kappa shape index (κ3) is 3.33. The molecular formula is C12H17BrO. The molecule has 0 aliphatic heterocycles. The Morgan fingerprint density at radius 3 is 2.71 bits per heavy atom. The second kappa shape index (κ2) is 6.07. The summed E-state index contributed by atoms with van der Waals surface area (Å²) < 4.78 is 0. The number of phenols is 1. The van der Waals surface area contributed by atoms with Crippen molar-refractivity contribution < 1.29 is 5.11 Å². The van der Waals surface area contributed by atoms with Crippen molar-refractivity contribution in [3.63, 3.8) is 0 Å². The van der Waals surface area contributed by atoms with E-state index < -0.39 is 0 Å². The summed E-state index contributed by atoms with van der Waals surface area (Å²) >= 11 is 3.36. The lowest BCUT2D eigenvalue weighted by Crippen LogP contribution is -1.88. The summed E-state index contributed by atoms with van der Waals surface area (Å²) in [6, 6.07) is 5.88. The topological polar surface area (TPSA) is 20.2 Å². The van der Waals surface area contributed by atoms with Crippen LogP contribution in [-0.4, -0.2) is 5.11 Å². The van der Waals surface area contributed by atoms with Crippen molar-refractivity contribution in [2.75, 3.05) is 0 Å². The molecular weight excluding hydrogens is 240 g/mol. The maximum Gasteiger partial charge on any atom is 0.119 e. The van der Waals surface area contributed by atoms with Crippen LogP contribution in [0.2, 0.25) is 0 Å². The quantitative estimate of drug-likeness (QED) is 0.624. The number of unbranched alkanes of at least 4 members (excludes halogenated alkanes) is 2. The predicted octanol–water partition coefficient (Wildman–Crippen LogP) is 4.02. The standard InChI is InChI=1S/C12H17BrO/c1-2-3-4-5-10-6-7-12(14)11(8-10)9-13/h6-8,14H,2-5,9H2,1H3. The first kappa shape index (κ1) is 11.6. The van der Waals surface area contributed by atoms with Gasteiger partial charge in [0.15, 0.2) is 0 Å². The number of phenolic OH excluding ortho intramolecular Hbond substituents is 1. The van der Waals surface area contributed by atoms with Gasteiger partial charge in [-0.2, -0.15) is 0 Å². The first-order chi connectivity index (χ1) is 6.77. The molecule has 0 amide bonds. The molecule has 0 bridgehead atoms. The largest absolute Gasteiger partial charge is 0.508 e. The Balaban J connectivity index is 2.60. The zero-order valence-corrected chi connectivity index (χ0v) is 10.2. The minimum absolute atomic E-state index is 0.390. The molecule has 1 rings (SSSR count). The summed E-state index contributed by atoms with van der Waals surface area (Å²) in [5.74, 6) is 0.390. The van der Waals surface area contributed by atoms with Crippen molar-refractivity contribution in [3.8, 4) is 5.75 Å². The summed E-state index contributed by atoms with van der Waals surface area (Å²) in [4.78, 5) is 0. The lowest BCUT2D eigenvalue weighted by atomic mass is 10.0. The maximum absolute atomic E-state index is 9.48. The van der Waals surface area contributed by atoms with Crippen molar-refractivity contribution in [1.29, 1.82) is 0 Å². The molecule has 0 aliphatic carbocycles. The molecule has 1 N–H and O–H groups in total. The Kier molecular flexibility index (Phi) is 5.02. The fourth-order valence-electron chi connectivity index (χ4n) is 1.48. The summed E-state index contributed by atoms with van der Waals surface area (Å²) in [5, 5.41) is 10.2. The monoisotopic (exact) mass is 256 g/mol. The van der Waals surface area contributed by atoms with Crippen LogP contribution >= 0.6 is 15.9 Å². The van der Waals surface area contributed by atoms with E-state index in [9.17, 15) is 5.11 Å². The zero-order valence-electron chi connectivity index (χ0n) is 8.59. The number of aryl methyl sites for hydroxylation is 1. The van der Waals surface area contributed by atoms with Gasteiger partial charge in [-0.25, -0.2) is 0 Å². The summed E-state index contributed by atoms with van der Waals surface area (Å²) in [6.07, 6.45) is 4.89. The highest BCUT2D eigenvalue weighted by molar-refractivity contribution is 9.08. The Morgan fingerprint density at radius 1 is 1.29 bits per heavy atom. The lowest BCUT2D eigenvalue weighted by Gasteiger charge is -2.05. The van der Waals surface area contributed by atoms with Gasteiger partial charge >= 0.3 is 0 Å². The van der Waals surface area contributed by atoms with Gasteiger partial charge < -0.3 is 5.11 Å². The maximum atomic E-state index is 9.48. The molecule has 0 radical (unpaired) electrons. The molecule has 14 heavy (non-hydrogen) atoms. The van der Waals surface area contributed by atoms with Crippen LogP contribution in [0.4, 0.5) is 0 Å². The minimum Gasteiger partial charge on any atom is -0.508 e. The fourth-order valence-corrected chi connectivity index (χ4v) is 1.93. The molecule has 0 fully saturated rings. The fraction of sp³-hybridized carbons (Fsp3) is 0.500. The summed E-state index contributed by atoms with van der Waals surface area (Å²) in [7, 11) is 0. The van der Waals surface area contributed by atoms with Crippen molar-refractivity contribution in [2.45, 2.75) is 37.9 Å². The third-order valence-corrected chi connectivity index (χ3v) is 2.96. The van der Waals surface area contributed by atoms with Gasteiger partial charge in [-0.3, -0.25) is 0 Å². The van der Waals surface area contributed by atoms with Crippen LogP contribution in [0.15, 0.2) is 18.2 Å². The number of hydrogen-bond donors (Lipinski definition) is 1. The van der Waals surface area contributed by atoms with Crippen molar-refractivity contribution >= 4 is 15.9 Å². The Bertz CT molecular complexity index is 284. The van der Waals surface area contributed by atoms with Crippen molar-refractivity contribution in [2.24, 2.45) is 0 Å². The van der Waals surface area contributed by atoms with Gasteiger partial charge in [0.05, 0.1) is 0 Å². The van der Waals surface area contributed by atoms with Gasteiger partial charge in [-0.1, -0.05) is 47.8 Å². The average Bonchev–Trinajstić information content (AvgIpc) is 2.21. The number of hydrogen-bond acceptors (Lipinski definition) is 1. The van der Waals surface area contributed by atoms with E-state index >= 15 is 0 Å². The molecule has 0 saturated carbocycles. The van der Waals surface area contributed by atoms with Crippen LogP contribution in [0.3, 0.4) is 0 Å². The van der Waals surface area contributed by atoms with Gasteiger partial charge in [-0.05, 0) is 24.5 Å². The number of rotatable bonds is 5. The zero-order chi connectivity index (χ0) is 10.4. The second-order valence-corrected chi connectivity index (χ2v) is 4.11. The van der Waals surface area contributed by atoms with E-state index in [1.807, 2.05) is 6.07 Å². The molecule has 1 aromatic rings. The first-order valence-electron chi connectivity index (χ1n) is 5.14. The normalized spacial score (nSPS) is 10.4. The molecule has 0 heterocycles. The highest BCUT2D eigenvalue weighted by Crippen LogP contribution is 2.21. The van der Waals surface area contributed by atoms with E-state index in [-0.39, 0.29) is 0 Å². The molecule has 1 aromatic carbocycles. The van der Waals surface area contributed by atoms with E-state index in [0.29, 0.717) is 5.75 Å². The van der Waals surface area contributed by atoms with E-state index in [2.05, 4.69) is 28.9 Å². The van der Waals surface area contributed by atoms with Crippen molar-refractivity contribution in [3.05, 3.63) is 29.3 Å². The number of alkyl halides is 1. The molecule has 0 aromatic heterocycles. The number of halogens is 1. The highest BCUT2D eigenvalue weighted by Gasteiger charge is 2.00. The van der Waals surface area contributed by atoms with Crippen LogP contribution in [-0.2, 0) is 11.8 Å². The van der Waals surface area contributed by atoms with Crippen LogP contribution in [0.1, 0.15) is 37.3 Å². The van der Waals surface area contributed by atoms with E-state index in [1.54, 1.807) is 6.07 Å². The van der Waals surface area contributed by atoms with Gasteiger partial charge in [0, 0.05) is 10.9 Å². The van der Waals surface area contributed by atoms with E-state index in [1.165, 1.54) is 24.8 Å². The predicted molar refractivity (Wildman–Crippen MR) is 64.0 cm³/mol. The molecule has 0 aliphatic rings. The van der Waals surface area contributed by atoms with Gasteiger partial charge in [-0.15, -0.1) is 0 Å². The molecule has 0 atom stereocenters. The molecule has 0 saturated heterocycles. The van der Waals surface area contributed by atoms with Gasteiger partial charge in [0.1, 0.15) is 5.75 Å². The van der Waals surface area contributed by atoms with E-state index in [4.69, 9.17) is 0 Å². The SMILES string of the molecule is CCCCCc1ccc(O)c(CBr)c1. The summed E-state index contributed by atoms with van der Waals surface area (Å²) in [5.41, 5.74) is 2.31. The molecule has 78 valence electrons. The minimum atomic E-state index is 0.390. The highest BCUT2D eigenvalue weighted by atomic mass is 79.9. The summed E-state index contributed by atoms with van der Waals surface area (Å²) in [6.45, 7) is 2.21. The Labute approximate surface area is 94.3 Å². The number of benzene rings is 1. The average molecular weight is 257 g/mol. The molecule has 0 spiro atoms. The Morgan fingerprint density at radius 2 is 2.07 bits per heavy atom. The second-order valence-electron chi connectivity index (χ2n) is 3.55. The Hall–Kier alpha value is -0.500. The number of aromatic hydroxyl groups is 1. The molecule has 1 nitrogen and oxygen atoms in total. The van der Waals surface area contributed by atoms with Crippen LogP contribution in [0.5, 0.6) is 5.75 Å². The van der Waals surface area contributed by atoms with Crippen LogP contribution in [0, 0.1) is 0 Å². The van der Waals surface area contributed by atoms with E-state index in [0.717, 1.165) is 17.3 Å². The van der Waals surface area contributed by atoms with Gasteiger partial charge in [0.25, 0.3) is 0 Å².